The van der Waals surface area contributed by atoms with Crippen molar-refractivity contribution in [1.82, 2.24) is 10.6 Å². The van der Waals surface area contributed by atoms with Crippen LogP contribution in [0.5, 0.6) is 0 Å². The summed E-state index contributed by atoms with van der Waals surface area (Å²) in [5, 5.41) is 6.60. The lowest BCUT2D eigenvalue weighted by atomic mass is 9.93. The number of hydrogen-bond acceptors (Lipinski definition) is 5. The quantitative estimate of drug-likeness (QED) is 0.602. The van der Waals surface area contributed by atoms with E-state index >= 15 is 0 Å². The second kappa shape index (κ2) is 8.28. The Balaban J connectivity index is 5.01. The van der Waals surface area contributed by atoms with Gasteiger partial charge >= 0.3 is 7.60 Å². The monoisotopic (exact) mass is 280 g/mol. The molecule has 0 amide bonds. The molecule has 0 radical (unpaired) electrons. The molecule has 0 spiro atoms. The second-order valence-electron chi connectivity index (χ2n) is 5.03. The molecule has 0 aliphatic heterocycles. The van der Waals surface area contributed by atoms with Gasteiger partial charge in [-0.15, -0.1) is 0 Å². The molecule has 0 rings (SSSR count). The van der Waals surface area contributed by atoms with Gasteiger partial charge in [0, 0.05) is 26.2 Å². The molecule has 5 nitrogen and oxygen atoms in total. The molecule has 0 heterocycles. The van der Waals surface area contributed by atoms with Crippen LogP contribution >= 0.6 is 7.60 Å². The molecule has 0 aromatic carbocycles. The fraction of sp³-hybridized carbons (Fsp3) is 1.00. The molecule has 0 aromatic heterocycles. The van der Waals surface area contributed by atoms with Gasteiger partial charge in [0.25, 0.3) is 0 Å². The number of nitrogens with one attached hydrogen (secondary N) is 2. The molecule has 6 heteroatoms. The van der Waals surface area contributed by atoms with Gasteiger partial charge in [-0.2, -0.15) is 0 Å². The second-order valence-corrected chi connectivity index (χ2v) is 7.36. The van der Waals surface area contributed by atoms with E-state index in [0.29, 0.717) is 0 Å². The SMILES string of the molecule is CCCNC(C(C)(C)CNCC)P(=O)(OC)OC. The predicted molar refractivity (Wildman–Crippen MR) is 76.0 cm³/mol. The zero-order valence-corrected chi connectivity index (χ0v) is 13.5. The molecule has 0 saturated heterocycles. The minimum Gasteiger partial charge on any atom is -0.316 e. The summed E-state index contributed by atoms with van der Waals surface area (Å²) in [4.78, 5) is 0. The van der Waals surface area contributed by atoms with Gasteiger partial charge in [-0.25, -0.2) is 0 Å². The Bertz CT molecular complexity index is 264. The van der Waals surface area contributed by atoms with Crippen LogP contribution in [0.15, 0.2) is 0 Å². The molecule has 110 valence electrons. The third-order valence-electron chi connectivity index (χ3n) is 2.98. The molecular formula is C12H29N2O3P. The van der Waals surface area contributed by atoms with Crippen molar-refractivity contribution in [2.24, 2.45) is 5.41 Å². The lowest BCUT2D eigenvalue weighted by Crippen LogP contribution is -2.47. The van der Waals surface area contributed by atoms with Crippen LogP contribution in [0.2, 0.25) is 0 Å². The van der Waals surface area contributed by atoms with Gasteiger partial charge in [-0.1, -0.05) is 27.7 Å². The molecule has 0 saturated carbocycles. The van der Waals surface area contributed by atoms with Crippen molar-refractivity contribution in [3.63, 3.8) is 0 Å². The van der Waals surface area contributed by atoms with Crippen molar-refractivity contribution >= 4 is 7.60 Å². The predicted octanol–water partition coefficient (Wildman–Crippen LogP) is 2.43. The third-order valence-corrected chi connectivity index (χ3v) is 5.52. The van der Waals surface area contributed by atoms with Crippen LogP contribution in [-0.2, 0) is 13.6 Å². The maximum Gasteiger partial charge on any atom is 0.347 e. The standard InChI is InChI=1S/C12H29N2O3P/c1-7-9-14-11(18(15,16-5)17-6)12(3,4)10-13-8-2/h11,13-14H,7-10H2,1-6H3. The lowest BCUT2D eigenvalue weighted by Gasteiger charge is -2.38. The van der Waals surface area contributed by atoms with E-state index in [2.05, 4.69) is 38.3 Å². The molecule has 2 N–H and O–H groups in total. The molecule has 0 aliphatic carbocycles. The van der Waals surface area contributed by atoms with E-state index in [1.807, 2.05) is 0 Å². The highest BCUT2D eigenvalue weighted by atomic mass is 31.2. The van der Waals surface area contributed by atoms with Crippen molar-refractivity contribution in [3.05, 3.63) is 0 Å². The molecular weight excluding hydrogens is 251 g/mol. The van der Waals surface area contributed by atoms with E-state index in [9.17, 15) is 4.57 Å². The Morgan fingerprint density at radius 3 is 2.17 bits per heavy atom. The van der Waals surface area contributed by atoms with Gasteiger partial charge in [0.05, 0.1) is 0 Å². The van der Waals surface area contributed by atoms with Crippen molar-refractivity contribution in [2.75, 3.05) is 33.9 Å². The minimum absolute atomic E-state index is 0.229. The van der Waals surface area contributed by atoms with Gasteiger partial charge in [-0.3, -0.25) is 4.57 Å². The Morgan fingerprint density at radius 1 is 1.22 bits per heavy atom. The summed E-state index contributed by atoms with van der Waals surface area (Å²) < 4.78 is 22.9. The maximum absolute atomic E-state index is 12.6. The van der Waals surface area contributed by atoms with Gasteiger partial charge in [0.15, 0.2) is 0 Å². The molecule has 0 aliphatic rings. The van der Waals surface area contributed by atoms with Crippen LogP contribution in [0.25, 0.3) is 0 Å². The van der Waals surface area contributed by atoms with E-state index < -0.39 is 7.60 Å². The maximum atomic E-state index is 12.6. The van der Waals surface area contributed by atoms with Gasteiger partial charge < -0.3 is 19.7 Å². The Kier molecular flexibility index (Phi) is 8.31. The molecule has 1 atom stereocenters. The summed E-state index contributed by atoms with van der Waals surface area (Å²) in [6.07, 6.45) is 0.973. The van der Waals surface area contributed by atoms with Gasteiger partial charge in [0.1, 0.15) is 5.78 Å². The van der Waals surface area contributed by atoms with Crippen LogP contribution in [0, 0.1) is 5.41 Å². The summed E-state index contributed by atoms with van der Waals surface area (Å²) in [5.41, 5.74) is -0.229. The van der Waals surface area contributed by atoms with Crippen LogP contribution in [0.4, 0.5) is 0 Å². The zero-order valence-electron chi connectivity index (χ0n) is 12.6. The molecule has 0 aromatic rings. The van der Waals surface area contributed by atoms with Crippen molar-refractivity contribution < 1.29 is 13.6 Å². The summed E-state index contributed by atoms with van der Waals surface area (Å²) in [6.45, 7) is 10.7. The number of rotatable bonds is 10. The fourth-order valence-electron chi connectivity index (χ4n) is 1.93. The molecule has 18 heavy (non-hydrogen) atoms. The van der Waals surface area contributed by atoms with Crippen LogP contribution < -0.4 is 10.6 Å². The lowest BCUT2D eigenvalue weighted by molar-refractivity contribution is 0.207. The summed E-state index contributed by atoms with van der Waals surface area (Å²) in [6, 6.07) is 0. The molecule has 1 unspecified atom stereocenters. The smallest absolute Gasteiger partial charge is 0.316 e. The fourth-order valence-corrected chi connectivity index (χ4v) is 3.80. The number of hydrogen-bond donors (Lipinski definition) is 2. The van der Waals surface area contributed by atoms with Crippen molar-refractivity contribution in [1.29, 1.82) is 0 Å². The first-order valence-corrected chi connectivity index (χ1v) is 8.14. The minimum atomic E-state index is -3.13. The summed E-state index contributed by atoms with van der Waals surface area (Å²) in [5.74, 6) is -0.320. The Hall–Kier alpha value is 0.0700. The highest BCUT2D eigenvalue weighted by molar-refractivity contribution is 7.54. The normalized spacial score (nSPS) is 14.8. The van der Waals surface area contributed by atoms with Crippen LogP contribution in [0.3, 0.4) is 0 Å². The van der Waals surface area contributed by atoms with E-state index in [1.54, 1.807) is 0 Å². The van der Waals surface area contributed by atoms with Gasteiger partial charge in [0.2, 0.25) is 0 Å². The first kappa shape index (κ1) is 18.1. The van der Waals surface area contributed by atoms with E-state index in [1.165, 1.54) is 14.2 Å². The van der Waals surface area contributed by atoms with Gasteiger partial charge in [-0.05, 0) is 19.5 Å². The summed E-state index contributed by atoms with van der Waals surface area (Å²) >= 11 is 0. The molecule has 0 fully saturated rings. The highest BCUT2D eigenvalue weighted by Crippen LogP contribution is 2.56. The van der Waals surface area contributed by atoms with E-state index in [0.717, 1.165) is 26.1 Å². The van der Waals surface area contributed by atoms with E-state index in [-0.39, 0.29) is 11.2 Å². The largest absolute Gasteiger partial charge is 0.347 e. The first-order valence-electron chi connectivity index (χ1n) is 6.53. The van der Waals surface area contributed by atoms with E-state index in [4.69, 9.17) is 9.05 Å². The van der Waals surface area contributed by atoms with Crippen LogP contribution in [0.1, 0.15) is 34.1 Å². The van der Waals surface area contributed by atoms with Crippen molar-refractivity contribution in [2.45, 2.75) is 39.9 Å². The topological polar surface area (TPSA) is 59.6 Å². The average Bonchev–Trinajstić information content (AvgIpc) is 2.36. The average molecular weight is 280 g/mol. The first-order chi connectivity index (χ1) is 8.37. The van der Waals surface area contributed by atoms with Crippen LogP contribution in [-0.4, -0.2) is 39.6 Å². The van der Waals surface area contributed by atoms with Crippen molar-refractivity contribution in [3.8, 4) is 0 Å². The zero-order chi connectivity index (χ0) is 14.2. The Morgan fingerprint density at radius 2 is 1.78 bits per heavy atom. The highest BCUT2D eigenvalue weighted by Gasteiger charge is 2.44. The molecule has 0 bridgehead atoms. The summed E-state index contributed by atoms with van der Waals surface area (Å²) in [7, 11) is -0.256. The third kappa shape index (κ3) is 4.98. The Labute approximate surface area is 112 Å².